The maximum atomic E-state index is 5.96. The smallest absolute Gasteiger partial charge is 0.226 e. The van der Waals surface area contributed by atoms with Gasteiger partial charge in [0.25, 0.3) is 0 Å². The van der Waals surface area contributed by atoms with Crippen LogP contribution in [-0.2, 0) is 11.3 Å². The third-order valence-electron chi connectivity index (χ3n) is 5.35. The molecule has 1 aromatic carbocycles. The number of rotatable bonds is 8. The summed E-state index contributed by atoms with van der Waals surface area (Å²) in [6.45, 7) is 9.11. The van der Waals surface area contributed by atoms with Crippen LogP contribution in [0.4, 0.5) is 0 Å². The lowest BCUT2D eigenvalue weighted by molar-refractivity contribution is 0.0124. The lowest BCUT2D eigenvalue weighted by Crippen LogP contribution is -2.46. The van der Waals surface area contributed by atoms with E-state index < -0.39 is 0 Å². The molecular weight excluding hydrogens is 406 g/mol. The van der Waals surface area contributed by atoms with E-state index in [4.69, 9.17) is 18.6 Å². The van der Waals surface area contributed by atoms with Crippen molar-refractivity contribution in [3.63, 3.8) is 0 Å². The van der Waals surface area contributed by atoms with Crippen LogP contribution in [0.2, 0.25) is 0 Å². The standard InChI is InChI=1S/C24H31N5O3/c1-3-25-24(26-15-20-17-31-23(28-20)19-7-5-4-6-8-19)27-16-21(22-10-9-18(2)32-22)29-11-13-30-14-12-29/h4-10,17,21H,3,11-16H2,1-2H3,(H2,25,26,27). The first-order chi connectivity index (χ1) is 15.7. The molecule has 4 rings (SSSR count). The molecule has 1 aliphatic rings. The number of benzene rings is 1. The zero-order chi connectivity index (χ0) is 22.2. The fraction of sp³-hybridized carbons (Fsp3) is 0.417. The third-order valence-corrected chi connectivity index (χ3v) is 5.35. The van der Waals surface area contributed by atoms with Gasteiger partial charge in [-0.2, -0.15) is 0 Å². The number of hydrogen-bond acceptors (Lipinski definition) is 6. The van der Waals surface area contributed by atoms with Gasteiger partial charge in [-0.1, -0.05) is 18.2 Å². The maximum Gasteiger partial charge on any atom is 0.226 e. The molecule has 2 N–H and O–H groups in total. The number of hydrogen-bond donors (Lipinski definition) is 2. The SMILES string of the molecule is CCNC(=NCc1coc(-c2ccccc2)n1)NCC(c1ccc(C)o1)N1CCOCC1. The number of oxazole rings is 1. The van der Waals surface area contributed by atoms with Crippen LogP contribution in [0.5, 0.6) is 0 Å². The zero-order valence-electron chi connectivity index (χ0n) is 18.7. The largest absolute Gasteiger partial charge is 0.465 e. The topological polar surface area (TPSA) is 88.1 Å². The Balaban J connectivity index is 1.42. The van der Waals surface area contributed by atoms with E-state index in [1.165, 1.54) is 0 Å². The zero-order valence-corrected chi connectivity index (χ0v) is 18.7. The highest BCUT2D eigenvalue weighted by atomic mass is 16.5. The van der Waals surface area contributed by atoms with E-state index in [-0.39, 0.29) is 6.04 Å². The molecule has 8 heteroatoms. The van der Waals surface area contributed by atoms with Crippen LogP contribution in [0.15, 0.2) is 62.6 Å². The van der Waals surface area contributed by atoms with Crippen molar-refractivity contribution in [3.05, 3.63) is 65.9 Å². The summed E-state index contributed by atoms with van der Waals surface area (Å²) in [6, 6.07) is 14.0. The van der Waals surface area contributed by atoms with Gasteiger partial charge in [-0.15, -0.1) is 0 Å². The molecule has 0 amide bonds. The molecule has 0 aliphatic carbocycles. The number of ether oxygens (including phenoxy) is 1. The number of morpholine rings is 1. The van der Waals surface area contributed by atoms with E-state index in [1.807, 2.05) is 43.3 Å². The Kier molecular flexibility index (Phi) is 7.58. The first-order valence-electron chi connectivity index (χ1n) is 11.1. The molecule has 3 aromatic rings. The summed E-state index contributed by atoms with van der Waals surface area (Å²) in [5.41, 5.74) is 1.74. The average molecular weight is 438 g/mol. The Labute approximate surface area is 188 Å². The monoisotopic (exact) mass is 437 g/mol. The van der Waals surface area contributed by atoms with E-state index in [0.717, 1.165) is 61.6 Å². The quantitative estimate of drug-likeness (QED) is 0.413. The van der Waals surface area contributed by atoms with Crippen molar-refractivity contribution in [2.75, 3.05) is 39.4 Å². The van der Waals surface area contributed by atoms with Gasteiger partial charge in [-0.05, 0) is 38.1 Å². The summed E-state index contributed by atoms with van der Waals surface area (Å²) in [6.07, 6.45) is 1.66. The second-order valence-electron chi connectivity index (χ2n) is 7.70. The van der Waals surface area contributed by atoms with Gasteiger partial charge in [-0.25, -0.2) is 9.98 Å². The first-order valence-corrected chi connectivity index (χ1v) is 11.1. The molecule has 32 heavy (non-hydrogen) atoms. The van der Waals surface area contributed by atoms with Crippen molar-refractivity contribution >= 4 is 5.96 Å². The Morgan fingerprint density at radius 2 is 1.94 bits per heavy atom. The highest BCUT2D eigenvalue weighted by Gasteiger charge is 2.25. The molecule has 1 aliphatic heterocycles. The van der Waals surface area contributed by atoms with Crippen LogP contribution in [-0.4, -0.2) is 55.2 Å². The van der Waals surface area contributed by atoms with Gasteiger partial charge < -0.3 is 24.2 Å². The minimum absolute atomic E-state index is 0.105. The predicted molar refractivity (Wildman–Crippen MR) is 123 cm³/mol. The minimum atomic E-state index is 0.105. The van der Waals surface area contributed by atoms with Crippen LogP contribution in [0, 0.1) is 6.92 Å². The van der Waals surface area contributed by atoms with Gasteiger partial charge in [0.05, 0.1) is 25.8 Å². The van der Waals surface area contributed by atoms with Crippen molar-refractivity contribution in [2.45, 2.75) is 26.4 Å². The van der Waals surface area contributed by atoms with Gasteiger partial charge >= 0.3 is 0 Å². The van der Waals surface area contributed by atoms with E-state index in [1.54, 1.807) is 6.26 Å². The number of aryl methyl sites for hydroxylation is 1. The summed E-state index contributed by atoms with van der Waals surface area (Å²) in [7, 11) is 0. The van der Waals surface area contributed by atoms with Crippen molar-refractivity contribution in [2.24, 2.45) is 4.99 Å². The van der Waals surface area contributed by atoms with Crippen LogP contribution in [0.3, 0.4) is 0 Å². The van der Waals surface area contributed by atoms with Crippen LogP contribution >= 0.6 is 0 Å². The number of aliphatic imine (C=N–C) groups is 1. The fourth-order valence-electron chi connectivity index (χ4n) is 3.72. The summed E-state index contributed by atoms with van der Waals surface area (Å²) < 4.78 is 17.1. The maximum absolute atomic E-state index is 5.96. The van der Waals surface area contributed by atoms with Gasteiger partial charge in [-0.3, -0.25) is 4.90 Å². The molecule has 8 nitrogen and oxygen atoms in total. The number of nitrogens with zero attached hydrogens (tertiary/aromatic N) is 3. The van der Waals surface area contributed by atoms with E-state index >= 15 is 0 Å². The molecule has 1 fully saturated rings. The fourth-order valence-corrected chi connectivity index (χ4v) is 3.72. The minimum Gasteiger partial charge on any atom is -0.465 e. The summed E-state index contributed by atoms with van der Waals surface area (Å²) in [4.78, 5) is 11.7. The van der Waals surface area contributed by atoms with Crippen molar-refractivity contribution in [3.8, 4) is 11.5 Å². The molecule has 0 saturated carbocycles. The van der Waals surface area contributed by atoms with Gasteiger partial charge in [0.2, 0.25) is 5.89 Å². The lowest BCUT2D eigenvalue weighted by Gasteiger charge is -2.33. The Morgan fingerprint density at radius 1 is 1.12 bits per heavy atom. The molecule has 1 saturated heterocycles. The predicted octanol–water partition coefficient (Wildman–Crippen LogP) is 3.37. The molecule has 2 aromatic heterocycles. The van der Waals surface area contributed by atoms with Crippen molar-refractivity contribution in [1.29, 1.82) is 0 Å². The third kappa shape index (κ3) is 5.77. The van der Waals surface area contributed by atoms with Crippen LogP contribution < -0.4 is 10.6 Å². The number of furan rings is 1. The first kappa shape index (κ1) is 22.1. The van der Waals surface area contributed by atoms with Crippen LogP contribution in [0.25, 0.3) is 11.5 Å². The Hall–Kier alpha value is -3.10. The molecule has 0 spiro atoms. The molecule has 170 valence electrons. The molecule has 1 atom stereocenters. The summed E-state index contributed by atoms with van der Waals surface area (Å²) >= 11 is 0. The lowest BCUT2D eigenvalue weighted by atomic mass is 10.1. The summed E-state index contributed by atoms with van der Waals surface area (Å²) in [5.74, 6) is 3.21. The van der Waals surface area contributed by atoms with Crippen molar-refractivity contribution in [1.82, 2.24) is 20.5 Å². The number of nitrogens with one attached hydrogen (secondary N) is 2. The molecule has 3 heterocycles. The normalized spacial score (nSPS) is 16.1. The average Bonchev–Trinajstić information content (AvgIpc) is 3.48. The van der Waals surface area contributed by atoms with E-state index in [0.29, 0.717) is 19.0 Å². The number of guanidine groups is 1. The van der Waals surface area contributed by atoms with Gasteiger partial charge in [0.15, 0.2) is 5.96 Å². The number of aromatic nitrogens is 1. The second kappa shape index (κ2) is 11.0. The van der Waals surface area contributed by atoms with Crippen molar-refractivity contribution < 1.29 is 13.6 Å². The molecule has 1 unspecified atom stereocenters. The van der Waals surface area contributed by atoms with Gasteiger partial charge in [0, 0.05) is 31.7 Å². The second-order valence-corrected chi connectivity index (χ2v) is 7.70. The highest BCUT2D eigenvalue weighted by molar-refractivity contribution is 5.79. The molecule has 0 radical (unpaired) electrons. The highest BCUT2D eigenvalue weighted by Crippen LogP contribution is 2.23. The molecular formula is C24H31N5O3. The van der Waals surface area contributed by atoms with Crippen LogP contribution in [0.1, 0.15) is 30.2 Å². The summed E-state index contributed by atoms with van der Waals surface area (Å²) in [5, 5.41) is 6.79. The van der Waals surface area contributed by atoms with Gasteiger partial charge in [0.1, 0.15) is 23.5 Å². The van der Waals surface area contributed by atoms with E-state index in [2.05, 4.69) is 33.5 Å². The van der Waals surface area contributed by atoms with E-state index in [9.17, 15) is 0 Å². The Morgan fingerprint density at radius 3 is 2.66 bits per heavy atom. The molecule has 0 bridgehead atoms. The Bertz CT molecular complexity index is 992.